The van der Waals surface area contributed by atoms with Crippen LogP contribution in [0, 0.1) is 6.92 Å². The normalized spacial score (nSPS) is 15.2. The highest BCUT2D eigenvalue weighted by molar-refractivity contribution is 7.89. The van der Waals surface area contributed by atoms with Crippen molar-refractivity contribution in [2.24, 2.45) is 0 Å². The number of rotatable bonds is 5. The van der Waals surface area contributed by atoms with Gasteiger partial charge in [0.05, 0.1) is 36.7 Å². The third-order valence-electron chi connectivity index (χ3n) is 4.10. The van der Waals surface area contributed by atoms with E-state index in [0.717, 1.165) is 11.4 Å². The van der Waals surface area contributed by atoms with Crippen LogP contribution >= 0.6 is 0 Å². The number of aromatic nitrogens is 4. The van der Waals surface area contributed by atoms with Crippen molar-refractivity contribution in [3.05, 3.63) is 29.2 Å². The molecule has 1 N–H and O–H groups in total. The monoisotopic (exact) mass is 366 g/mol. The van der Waals surface area contributed by atoms with E-state index in [0.29, 0.717) is 31.9 Å². The van der Waals surface area contributed by atoms with Crippen molar-refractivity contribution >= 4 is 15.9 Å². The summed E-state index contributed by atoms with van der Waals surface area (Å²) in [6.45, 7) is 7.01. The Morgan fingerprint density at radius 1 is 1.28 bits per heavy atom. The molecule has 136 valence electrons. The molecule has 0 radical (unpaired) electrons. The molecule has 0 saturated heterocycles. The molecule has 0 atom stereocenters. The second kappa shape index (κ2) is 6.60. The number of fused-ring (bicyclic) bond motifs is 1. The molecule has 0 spiro atoms. The summed E-state index contributed by atoms with van der Waals surface area (Å²) < 4.78 is 30.7. The van der Waals surface area contributed by atoms with Gasteiger partial charge in [0.2, 0.25) is 5.91 Å². The molecule has 0 saturated carbocycles. The van der Waals surface area contributed by atoms with Gasteiger partial charge in [-0.3, -0.25) is 14.2 Å². The van der Waals surface area contributed by atoms with E-state index in [-0.39, 0.29) is 17.5 Å². The molecule has 0 aliphatic carbocycles. The minimum absolute atomic E-state index is 0.127. The summed E-state index contributed by atoms with van der Waals surface area (Å²) >= 11 is 0. The molecule has 0 unspecified atom stereocenters. The SMILES string of the molecule is CCn1nc(C)cc1S(=O)(=O)N1CCn2nc(CNC(C)=O)cc2C1. The van der Waals surface area contributed by atoms with Gasteiger partial charge in [0.15, 0.2) is 5.03 Å². The van der Waals surface area contributed by atoms with Crippen LogP contribution in [0.3, 0.4) is 0 Å². The number of carbonyl (C=O) groups excluding carboxylic acids is 1. The van der Waals surface area contributed by atoms with Crippen LogP contribution in [-0.2, 0) is 41.0 Å². The second-order valence-corrected chi connectivity index (χ2v) is 7.92. The molecule has 0 fully saturated rings. The first-order chi connectivity index (χ1) is 11.8. The van der Waals surface area contributed by atoms with Crippen LogP contribution in [0.4, 0.5) is 0 Å². The molecule has 1 amide bonds. The zero-order valence-corrected chi connectivity index (χ0v) is 15.4. The standard InChI is InChI=1S/C15H22N6O3S/c1-4-20-15(7-11(2)17-20)25(23,24)19-5-6-21-14(10-19)8-13(18-21)9-16-12(3)22/h7-8H,4-6,9-10H2,1-3H3,(H,16,22). The lowest BCUT2D eigenvalue weighted by molar-refractivity contribution is -0.119. The summed E-state index contributed by atoms with van der Waals surface area (Å²) in [7, 11) is -3.62. The number of hydrogen-bond acceptors (Lipinski definition) is 5. The van der Waals surface area contributed by atoms with Crippen molar-refractivity contribution in [1.82, 2.24) is 29.2 Å². The lowest BCUT2D eigenvalue weighted by atomic mass is 10.3. The molecule has 2 aromatic rings. The van der Waals surface area contributed by atoms with E-state index in [9.17, 15) is 13.2 Å². The first-order valence-corrected chi connectivity index (χ1v) is 9.60. The zero-order chi connectivity index (χ0) is 18.2. The summed E-state index contributed by atoms with van der Waals surface area (Å²) in [6.07, 6.45) is 0. The highest BCUT2D eigenvalue weighted by atomic mass is 32.2. The minimum atomic E-state index is -3.62. The molecule has 9 nitrogen and oxygen atoms in total. The Morgan fingerprint density at radius 2 is 2.04 bits per heavy atom. The van der Waals surface area contributed by atoms with Crippen molar-refractivity contribution in [3.8, 4) is 0 Å². The largest absolute Gasteiger partial charge is 0.351 e. The van der Waals surface area contributed by atoms with Crippen LogP contribution in [0.25, 0.3) is 0 Å². The lowest BCUT2D eigenvalue weighted by Crippen LogP contribution is -2.39. The molecule has 2 aromatic heterocycles. The molecular formula is C15H22N6O3S. The van der Waals surface area contributed by atoms with E-state index in [1.165, 1.54) is 15.9 Å². The average Bonchev–Trinajstić information content (AvgIpc) is 3.15. The summed E-state index contributed by atoms with van der Waals surface area (Å²) in [5.74, 6) is -0.127. The van der Waals surface area contributed by atoms with Crippen LogP contribution in [-0.4, -0.2) is 44.7 Å². The fourth-order valence-corrected chi connectivity index (χ4v) is 4.54. The number of carbonyl (C=O) groups is 1. The average molecular weight is 366 g/mol. The van der Waals surface area contributed by atoms with Gasteiger partial charge in [-0.2, -0.15) is 14.5 Å². The molecule has 10 heteroatoms. The summed E-state index contributed by atoms with van der Waals surface area (Å²) in [6, 6.07) is 3.44. The minimum Gasteiger partial charge on any atom is -0.351 e. The van der Waals surface area contributed by atoms with Crippen LogP contribution in [0.5, 0.6) is 0 Å². The Bertz CT molecular complexity index is 899. The number of hydrogen-bond donors (Lipinski definition) is 1. The van der Waals surface area contributed by atoms with Crippen molar-refractivity contribution in [2.45, 2.75) is 52.0 Å². The topological polar surface area (TPSA) is 102 Å². The third-order valence-corrected chi connectivity index (χ3v) is 5.95. The van der Waals surface area contributed by atoms with Gasteiger partial charge in [-0.25, -0.2) is 8.42 Å². The van der Waals surface area contributed by atoms with Gasteiger partial charge in [0.1, 0.15) is 0 Å². The van der Waals surface area contributed by atoms with Crippen LogP contribution in [0.2, 0.25) is 0 Å². The predicted molar refractivity (Wildman–Crippen MR) is 90.0 cm³/mol. The Kier molecular flexibility index (Phi) is 4.65. The Balaban J connectivity index is 1.83. The van der Waals surface area contributed by atoms with Crippen LogP contribution in [0.1, 0.15) is 30.9 Å². The van der Waals surface area contributed by atoms with Gasteiger partial charge in [-0.05, 0) is 26.0 Å². The first kappa shape index (κ1) is 17.6. The van der Waals surface area contributed by atoms with Gasteiger partial charge in [0, 0.05) is 20.0 Å². The lowest BCUT2D eigenvalue weighted by Gasteiger charge is -2.26. The Morgan fingerprint density at radius 3 is 2.72 bits per heavy atom. The predicted octanol–water partition coefficient (Wildman–Crippen LogP) is 0.249. The zero-order valence-electron chi connectivity index (χ0n) is 14.6. The van der Waals surface area contributed by atoms with Gasteiger partial charge >= 0.3 is 0 Å². The molecule has 1 aliphatic rings. The Labute approximate surface area is 146 Å². The molecular weight excluding hydrogens is 344 g/mol. The van der Waals surface area contributed by atoms with E-state index in [1.54, 1.807) is 17.7 Å². The number of amides is 1. The molecule has 0 aromatic carbocycles. The fourth-order valence-electron chi connectivity index (χ4n) is 2.90. The summed E-state index contributed by atoms with van der Waals surface area (Å²) in [5.41, 5.74) is 2.22. The van der Waals surface area contributed by atoms with Crippen LogP contribution in [0.15, 0.2) is 17.2 Å². The fraction of sp³-hybridized carbons (Fsp3) is 0.533. The maximum absolute atomic E-state index is 13.0. The van der Waals surface area contributed by atoms with E-state index >= 15 is 0 Å². The number of nitrogens with one attached hydrogen (secondary N) is 1. The van der Waals surface area contributed by atoms with Gasteiger partial charge in [-0.15, -0.1) is 0 Å². The van der Waals surface area contributed by atoms with E-state index in [2.05, 4.69) is 15.5 Å². The van der Waals surface area contributed by atoms with E-state index < -0.39 is 10.0 Å². The van der Waals surface area contributed by atoms with Gasteiger partial charge in [-0.1, -0.05) is 0 Å². The third kappa shape index (κ3) is 3.45. The smallest absolute Gasteiger partial charge is 0.260 e. The first-order valence-electron chi connectivity index (χ1n) is 8.16. The highest BCUT2D eigenvalue weighted by Gasteiger charge is 2.32. The summed E-state index contributed by atoms with van der Waals surface area (Å²) in [4.78, 5) is 11.0. The molecule has 3 heterocycles. The summed E-state index contributed by atoms with van der Waals surface area (Å²) in [5, 5.41) is 11.6. The van der Waals surface area contributed by atoms with Crippen LogP contribution < -0.4 is 5.32 Å². The van der Waals surface area contributed by atoms with Crippen molar-refractivity contribution < 1.29 is 13.2 Å². The molecule has 25 heavy (non-hydrogen) atoms. The van der Waals surface area contributed by atoms with Crippen molar-refractivity contribution in [2.75, 3.05) is 6.54 Å². The maximum Gasteiger partial charge on any atom is 0.260 e. The van der Waals surface area contributed by atoms with E-state index in [1.807, 2.05) is 13.0 Å². The highest BCUT2D eigenvalue weighted by Crippen LogP contribution is 2.23. The number of aryl methyl sites for hydroxylation is 2. The van der Waals surface area contributed by atoms with E-state index in [4.69, 9.17) is 0 Å². The Hall–Kier alpha value is -2.20. The van der Waals surface area contributed by atoms with Gasteiger partial charge in [0.25, 0.3) is 10.0 Å². The molecule has 3 rings (SSSR count). The van der Waals surface area contributed by atoms with Crippen molar-refractivity contribution in [1.29, 1.82) is 0 Å². The van der Waals surface area contributed by atoms with Crippen molar-refractivity contribution in [3.63, 3.8) is 0 Å². The maximum atomic E-state index is 13.0. The molecule has 0 bridgehead atoms. The van der Waals surface area contributed by atoms with Gasteiger partial charge < -0.3 is 5.32 Å². The number of nitrogens with zero attached hydrogens (tertiary/aromatic N) is 5. The molecule has 1 aliphatic heterocycles. The second-order valence-electron chi connectivity index (χ2n) is 6.04. The quantitative estimate of drug-likeness (QED) is 0.817. The number of sulfonamides is 1.